The summed E-state index contributed by atoms with van der Waals surface area (Å²) in [7, 11) is 0. The fourth-order valence-electron chi connectivity index (χ4n) is 2.22. The smallest absolute Gasteiger partial charge is 0.234 e. The number of tetrazole rings is 1. The van der Waals surface area contributed by atoms with E-state index in [9.17, 15) is 9.18 Å². The maximum Gasteiger partial charge on any atom is 0.234 e. The number of carbonyl (C=O) groups is 1. The minimum Gasteiger partial charge on any atom is -0.325 e. The summed E-state index contributed by atoms with van der Waals surface area (Å²) in [6, 6.07) is 11.6. The number of thioether (sulfide) groups is 1. The van der Waals surface area contributed by atoms with Gasteiger partial charge in [0.15, 0.2) is 0 Å². The summed E-state index contributed by atoms with van der Waals surface area (Å²) in [6.45, 7) is 3.96. The first-order valence-corrected chi connectivity index (χ1v) is 8.56. The van der Waals surface area contributed by atoms with Crippen molar-refractivity contribution in [2.45, 2.75) is 19.0 Å². The second-order valence-electron chi connectivity index (χ2n) is 5.43. The largest absolute Gasteiger partial charge is 0.325 e. The van der Waals surface area contributed by atoms with Crippen LogP contribution in [0.2, 0.25) is 0 Å². The van der Waals surface area contributed by atoms with E-state index in [1.807, 2.05) is 32.0 Å². The van der Waals surface area contributed by atoms with Crippen LogP contribution in [0.15, 0.2) is 47.6 Å². The van der Waals surface area contributed by atoms with Crippen molar-refractivity contribution >= 4 is 23.4 Å². The highest BCUT2D eigenvalue weighted by atomic mass is 32.2. The molecule has 128 valence electrons. The van der Waals surface area contributed by atoms with Crippen LogP contribution in [0, 0.1) is 19.7 Å². The first-order chi connectivity index (χ1) is 12.0. The van der Waals surface area contributed by atoms with Gasteiger partial charge in [-0.25, -0.2) is 4.39 Å². The monoisotopic (exact) mass is 357 g/mol. The van der Waals surface area contributed by atoms with Gasteiger partial charge in [-0.05, 0) is 65.7 Å². The third kappa shape index (κ3) is 4.03. The Morgan fingerprint density at radius 1 is 1.20 bits per heavy atom. The maximum absolute atomic E-state index is 13.0. The summed E-state index contributed by atoms with van der Waals surface area (Å²) >= 11 is 1.21. The van der Waals surface area contributed by atoms with Crippen LogP contribution in [0.5, 0.6) is 0 Å². The number of aryl methyl sites for hydroxylation is 1. The molecule has 1 aromatic heterocycles. The minimum absolute atomic E-state index is 0.146. The zero-order chi connectivity index (χ0) is 17.8. The van der Waals surface area contributed by atoms with Crippen molar-refractivity contribution in [2.75, 3.05) is 11.1 Å². The normalized spacial score (nSPS) is 10.7. The predicted octanol–water partition coefficient (Wildman–Crippen LogP) is 3.15. The van der Waals surface area contributed by atoms with Crippen molar-refractivity contribution in [1.29, 1.82) is 0 Å². The molecule has 2 aromatic carbocycles. The highest BCUT2D eigenvalue weighted by Crippen LogP contribution is 2.21. The van der Waals surface area contributed by atoms with E-state index in [0.29, 0.717) is 10.8 Å². The quantitative estimate of drug-likeness (QED) is 0.710. The molecule has 0 radical (unpaired) electrons. The summed E-state index contributed by atoms with van der Waals surface area (Å²) in [5.74, 6) is -0.319. The molecule has 0 saturated carbocycles. The summed E-state index contributed by atoms with van der Waals surface area (Å²) in [4.78, 5) is 12.2. The molecular formula is C17H16FN5OS. The van der Waals surface area contributed by atoms with Crippen LogP contribution < -0.4 is 5.32 Å². The summed E-state index contributed by atoms with van der Waals surface area (Å²) in [5.41, 5.74) is 3.58. The van der Waals surface area contributed by atoms with Crippen LogP contribution in [0.4, 0.5) is 10.1 Å². The Kier molecular flexibility index (Phi) is 5.08. The van der Waals surface area contributed by atoms with Crippen LogP contribution in [0.25, 0.3) is 5.69 Å². The zero-order valence-electron chi connectivity index (χ0n) is 13.7. The Labute approximate surface area is 148 Å². The second-order valence-corrected chi connectivity index (χ2v) is 6.38. The van der Waals surface area contributed by atoms with Crippen molar-refractivity contribution in [1.82, 2.24) is 20.2 Å². The van der Waals surface area contributed by atoms with Gasteiger partial charge in [0.05, 0.1) is 11.4 Å². The van der Waals surface area contributed by atoms with E-state index in [0.717, 1.165) is 16.8 Å². The lowest BCUT2D eigenvalue weighted by molar-refractivity contribution is -0.113. The lowest BCUT2D eigenvalue weighted by atomic mass is 10.1. The van der Waals surface area contributed by atoms with Gasteiger partial charge in [-0.1, -0.05) is 23.9 Å². The number of amides is 1. The standard InChI is InChI=1S/C17H16FN5OS/c1-11-4-3-5-15(12(11)2)19-16(24)10-25-17-20-21-22-23(17)14-8-6-13(18)7-9-14/h3-9H,10H2,1-2H3,(H,19,24). The molecule has 8 heteroatoms. The maximum atomic E-state index is 13.0. The van der Waals surface area contributed by atoms with Gasteiger partial charge >= 0.3 is 0 Å². The van der Waals surface area contributed by atoms with E-state index in [1.165, 1.54) is 28.6 Å². The van der Waals surface area contributed by atoms with Gasteiger partial charge in [0, 0.05) is 5.69 Å². The van der Waals surface area contributed by atoms with Crippen LogP contribution in [0.1, 0.15) is 11.1 Å². The molecule has 25 heavy (non-hydrogen) atoms. The molecule has 3 aromatic rings. The van der Waals surface area contributed by atoms with Gasteiger partial charge in [-0.2, -0.15) is 4.68 Å². The zero-order valence-corrected chi connectivity index (χ0v) is 14.5. The van der Waals surface area contributed by atoms with E-state index in [4.69, 9.17) is 0 Å². The molecule has 3 rings (SSSR count). The van der Waals surface area contributed by atoms with Gasteiger partial charge in [0.1, 0.15) is 5.82 Å². The number of hydrogen-bond acceptors (Lipinski definition) is 5. The first-order valence-electron chi connectivity index (χ1n) is 7.58. The molecule has 1 amide bonds. The predicted molar refractivity (Wildman–Crippen MR) is 94.4 cm³/mol. The SMILES string of the molecule is Cc1cccc(NC(=O)CSc2nnnn2-c2ccc(F)cc2)c1C. The molecule has 0 atom stereocenters. The fourth-order valence-corrected chi connectivity index (χ4v) is 2.91. The molecular weight excluding hydrogens is 341 g/mol. The Balaban J connectivity index is 1.66. The molecule has 1 N–H and O–H groups in total. The second kappa shape index (κ2) is 7.43. The van der Waals surface area contributed by atoms with Crippen LogP contribution >= 0.6 is 11.8 Å². The van der Waals surface area contributed by atoms with E-state index in [-0.39, 0.29) is 17.5 Å². The molecule has 0 aliphatic rings. The molecule has 0 saturated heterocycles. The average molecular weight is 357 g/mol. The third-order valence-electron chi connectivity index (χ3n) is 3.72. The molecule has 0 spiro atoms. The molecule has 0 bridgehead atoms. The molecule has 0 unspecified atom stereocenters. The Morgan fingerprint density at radius 2 is 1.96 bits per heavy atom. The molecule has 6 nitrogen and oxygen atoms in total. The van der Waals surface area contributed by atoms with Gasteiger partial charge in [0.25, 0.3) is 0 Å². The van der Waals surface area contributed by atoms with E-state index in [1.54, 1.807) is 12.1 Å². The van der Waals surface area contributed by atoms with Crippen LogP contribution in [0.3, 0.4) is 0 Å². The number of anilines is 1. The minimum atomic E-state index is -0.334. The fraction of sp³-hybridized carbons (Fsp3) is 0.176. The van der Waals surface area contributed by atoms with Crippen molar-refractivity contribution in [3.05, 3.63) is 59.4 Å². The number of carbonyl (C=O) groups excluding carboxylic acids is 1. The molecule has 0 aliphatic carbocycles. The first kappa shape index (κ1) is 17.1. The van der Waals surface area contributed by atoms with Crippen molar-refractivity contribution in [2.24, 2.45) is 0 Å². The number of halogens is 1. The van der Waals surface area contributed by atoms with E-state index < -0.39 is 0 Å². The highest BCUT2D eigenvalue weighted by Gasteiger charge is 2.12. The Bertz CT molecular complexity index is 894. The van der Waals surface area contributed by atoms with Crippen molar-refractivity contribution < 1.29 is 9.18 Å². The number of hydrogen-bond donors (Lipinski definition) is 1. The summed E-state index contributed by atoms with van der Waals surface area (Å²) in [5, 5.41) is 14.8. The lowest BCUT2D eigenvalue weighted by Crippen LogP contribution is -2.15. The summed E-state index contributed by atoms with van der Waals surface area (Å²) in [6.07, 6.45) is 0. The molecule has 0 fully saturated rings. The van der Waals surface area contributed by atoms with Gasteiger partial charge in [0.2, 0.25) is 11.1 Å². The number of nitrogens with zero attached hydrogens (tertiary/aromatic N) is 4. The topological polar surface area (TPSA) is 72.7 Å². The number of benzene rings is 2. The van der Waals surface area contributed by atoms with Crippen LogP contribution in [-0.2, 0) is 4.79 Å². The average Bonchev–Trinajstić information content (AvgIpc) is 3.06. The summed E-state index contributed by atoms with van der Waals surface area (Å²) < 4.78 is 14.5. The molecule has 1 heterocycles. The number of nitrogens with one attached hydrogen (secondary N) is 1. The van der Waals surface area contributed by atoms with Crippen LogP contribution in [-0.4, -0.2) is 31.9 Å². The van der Waals surface area contributed by atoms with E-state index in [2.05, 4.69) is 20.8 Å². The number of aromatic nitrogens is 4. The Morgan fingerprint density at radius 3 is 2.72 bits per heavy atom. The van der Waals surface area contributed by atoms with Crippen molar-refractivity contribution in [3.63, 3.8) is 0 Å². The highest BCUT2D eigenvalue weighted by molar-refractivity contribution is 7.99. The van der Waals surface area contributed by atoms with E-state index >= 15 is 0 Å². The van der Waals surface area contributed by atoms with Gasteiger partial charge < -0.3 is 5.32 Å². The lowest BCUT2D eigenvalue weighted by Gasteiger charge is -2.10. The van der Waals surface area contributed by atoms with Gasteiger partial charge in [-0.15, -0.1) is 5.10 Å². The van der Waals surface area contributed by atoms with Crippen molar-refractivity contribution in [3.8, 4) is 5.69 Å². The number of rotatable bonds is 5. The van der Waals surface area contributed by atoms with Gasteiger partial charge in [-0.3, -0.25) is 4.79 Å². The Hall–Kier alpha value is -2.74. The molecule has 0 aliphatic heterocycles. The third-order valence-corrected chi connectivity index (χ3v) is 4.64.